The minimum atomic E-state index is -0.281. The monoisotopic (exact) mass is 285 g/mol. The van der Waals surface area contributed by atoms with Crippen molar-refractivity contribution in [3.8, 4) is 5.75 Å². The van der Waals surface area contributed by atoms with E-state index >= 15 is 0 Å². The molecular weight excluding hydrogens is 265 g/mol. The second kappa shape index (κ2) is 6.72. The van der Waals surface area contributed by atoms with E-state index in [4.69, 9.17) is 4.74 Å². The highest BCUT2D eigenvalue weighted by Gasteiger charge is 2.23. The molecular formula is C18H20FNO. The number of hydrogen-bond donors (Lipinski definition) is 0. The second-order valence-corrected chi connectivity index (χ2v) is 5.62. The Kier molecular flexibility index (Phi) is 4.51. The van der Waals surface area contributed by atoms with Crippen LogP contribution in [0.3, 0.4) is 0 Å². The fraction of sp³-hybridized carbons (Fsp3) is 0.333. The predicted molar refractivity (Wildman–Crippen MR) is 81.7 cm³/mol. The third kappa shape index (κ3) is 3.82. The van der Waals surface area contributed by atoms with Crippen LogP contribution >= 0.6 is 0 Å². The maximum absolute atomic E-state index is 13.5. The van der Waals surface area contributed by atoms with Crippen molar-refractivity contribution in [1.82, 2.24) is 4.90 Å². The standard InChI is InChI=1S/C18H20FNO/c19-17-8-4-5-9-18(17)21-14-16-10-11-20(13-16)12-15-6-2-1-3-7-15/h1-9,16H,10-14H2. The average Bonchev–Trinajstić information content (AvgIpc) is 2.95. The van der Waals surface area contributed by atoms with Gasteiger partial charge in [-0.25, -0.2) is 4.39 Å². The predicted octanol–water partition coefficient (Wildman–Crippen LogP) is 3.73. The van der Waals surface area contributed by atoms with Crippen LogP contribution in [0.2, 0.25) is 0 Å². The molecule has 2 nitrogen and oxygen atoms in total. The van der Waals surface area contributed by atoms with Crippen LogP contribution in [0.1, 0.15) is 12.0 Å². The Balaban J connectivity index is 1.48. The molecule has 1 aliphatic heterocycles. The van der Waals surface area contributed by atoms with Crippen LogP contribution in [0.25, 0.3) is 0 Å². The van der Waals surface area contributed by atoms with Crippen molar-refractivity contribution in [2.45, 2.75) is 13.0 Å². The molecule has 1 heterocycles. The summed E-state index contributed by atoms with van der Waals surface area (Å²) in [4.78, 5) is 2.44. The summed E-state index contributed by atoms with van der Waals surface area (Å²) in [6.45, 7) is 3.67. The van der Waals surface area contributed by atoms with E-state index in [1.807, 2.05) is 6.07 Å². The third-order valence-electron chi connectivity index (χ3n) is 3.93. The van der Waals surface area contributed by atoms with Crippen LogP contribution in [-0.2, 0) is 6.54 Å². The van der Waals surface area contributed by atoms with Gasteiger partial charge in [-0.15, -0.1) is 0 Å². The van der Waals surface area contributed by atoms with E-state index in [9.17, 15) is 4.39 Å². The molecule has 0 amide bonds. The summed E-state index contributed by atoms with van der Waals surface area (Å²) in [5.41, 5.74) is 1.34. The van der Waals surface area contributed by atoms with Crippen molar-refractivity contribution in [3.63, 3.8) is 0 Å². The number of likely N-dealkylation sites (tertiary alicyclic amines) is 1. The van der Waals surface area contributed by atoms with Gasteiger partial charge in [0.2, 0.25) is 0 Å². The highest BCUT2D eigenvalue weighted by atomic mass is 19.1. The molecule has 1 atom stereocenters. The van der Waals surface area contributed by atoms with Gasteiger partial charge in [0.15, 0.2) is 11.6 Å². The molecule has 21 heavy (non-hydrogen) atoms. The summed E-state index contributed by atoms with van der Waals surface area (Å²) in [5.74, 6) is 0.559. The van der Waals surface area contributed by atoms with E-state index in [-0.39, 0.29) is 5.82 Å². The zero-order valence-electron chi connectivity index (χ0n) is 12.0. The summed E-state index contributed by atoms with van der Waals surface area (Å²) in [6, 6.07) is 17.1. The van der Waals surface area contributed by atoms with Crippen molar-refractivity contribution in [2.24, 2.45) is 5.92 Å². The minimum absolute atomic E-state index is 0.281. The first-order valence-electron chi connectivity index (χ1n) is 7.45. The first kappa shape index (κ1) is 14.1. The van der Waals surface area contributed by atoms with Gasteiger partial charge >= 0.3 is 0 Å². The van der Waals surface area contributed by atoms with Crippen molar-refractivity contribution >= 4 is 0 Å². The Hall–Kier alpha value is -1.87. The lowest BCUT2D eigenvalue weighted by atomic mass is 10.1. The molecule has 0 bridgehead atoms. The lowest BCUT2D eigenvalue weighted by Crippen LogP contribution is -2.22. The second-order valence-electron chi connectivity index (χ2n) is 5.62. The lowest BCUT2D eigenvalue weighted by Gasteiger charge is -2.16. The summed E-state index contributed by atoms with van der Waals surface area (Å²) >= 11 is 0. The van der Waals surface area contributed by atoms with Gasteiger partial charge in [-0.1, -0.05) is 42.5 Å². The molecule has 0 saturated carbocycles. The molecule has 110 valence electrons. The van der Waals surface area contributed by atoms with Gasteiger partial charge in [0.25, 0.3) is 0 Å². The zero-order valence-corrected chi connectivity index (χ0v) is 12.0. The van der Waals surface area contributed by atoms with E-state index in [2.05, 4.69) is 29.2 Å². The van der Waals surface area contributed by atoms with Crippen molar-refractivity contribution in [1.29, 1.82) is 0 Å². The number of nitrogens with zero attached hydrogens (tertiary/aromatic N) is 1. The topological polar surface area (TPSA) is 12.5 Å². The maximum Gasteiger partial charge on any atom is 0.165 e. The lowest BCUT2D eigenvalue weighted by molar-refractivity contribution is 0.231. The highest BCUT2D eigenvalue weighted by molar-refractivity contribution is 5.23. The van der Waals surface area contributed by atoms with E-state index in [1.54, 1.807) is 18.2 Å². The molecule has 0 aliphatic carbocycles. The number of halogens is 1. The Morgan fingerprint density at radius 2 is 1.81 bits per heavy atom. The van der Waals surface area contributed by atoms with Gasteiger partial charge in [-0.2, -0.15) is 0 Å². The Bertz CT molecular complexity index is 572. The Morgan fingerprint density at radius 3 is 2.62 bits per heavy atom. The highest BCUT2D eigenvalue weighted by Crippen LogP contribution is 2.21. The third-order valence-corrected chi connectivity index (χ3v) is 3.93. The van der Waals surface area contributed by atoms with Gasteiger partial charge in [-0.05, 0) is 30.7 Å². The van der Waals surface area contributed by atoms with Crippen LogP contribution in [0.4, 0.5) is 4.39 Å². The Labute approximate surface area is 125 Å². The number of benzene rings is 2. The zero-order chi connectivity index (χ0) is 14.5. The van der Waals surface area contributed by atoms with Gasteiger partial charge in [0.05, 0.1) is 6.61 Å². The van der Waals surface area contributed by atoms with E-state index in [1.165, 1.54) is 11.6 Å². The van der Waals surface area contributed by atoms with Crippen LogP contribution in [0.15, 0.2) is 54.6 Å². The number of hydrogen-bond acceptors (Lipinski definition) is 2. The molecule has 1 unspecified atom stereocenters. The van der Waals surface area contributed by atoms with Crippen molar-refractivity contribution in [2.75, 3.05) is 19.7 Å². The maximum atomic E-state index is 13.5. The van der Waals surface area contributed by atoms with Crippen LogP contribution in [0.5, 0.6) is 5.75 Å². The summed E-state index contributed by atoms with van der Waals surface area (Å²) < 4.78 is 19.1. The quantitative estimate of drug-likeness (QED) is 0.830. The van der Waals surface area contributed by atoms with E-state index in [0.29, 0.717) is 18.3 Å². The molecule has 1 fully saturated rings. The van der Waals surface area contributed by atoms with Gasteiger partial charge < -0.3 is 4.74 Å². The first-order valence-corrected chi connectivity index (χ1v) is 7.45. The fourth-order valence-corrected chi connectivity index (χ4v) is 2.80. The SMILES string of the molecule is Fc1ccccc1OCC1CCN(Cc2ccccc2)C1. The van der Waals surface area contributed by atoms with Crippen molar-refractivity contribution in [3.05, 3.63) is 66.0 Å². The van der Waals surface area contributed by atoms with Crippen LogP contribution in [0, 0.1) is 11.7 Å². The van der Waals surface area contributed by atoms with Gasteiger partial charge in [0, 0.05) is 19.0 Å². The fourth-order valence-electron chi connectivity index (χ4n) is 2.80. The van der Waals surface area contributed by atoms with E-state index in [0.717, 1.165) is 26.1 Å². The molecule has 3 heteroatoms. The molecule has 0 aromatic heterocycles. The van der Waals surface area contributed by atoms with Crippen LogP contribution < -0.4 is 4.74 Å². The van der Waals surface area contributed by atoms with Crippen molar-refractivity contribution < 1.29 is 9.13 Å². The molecule has 0 N–H and O–H groups in total. The molecule has 1 aliphatic rings. The summed E-state index contributed by atoms with van der Waals surface area (Å²) in [6.07, 6.45) is 1.11. The average molecular weight is 285 g/mol. The molecule has 3 rings (SSSR count). The van der Waals surface area contributed by atoms with Crippen LogP contribution in [-0.4, -0.2) is 24.6 Å². The van der Waals surface area contributed by atoms with Gasteiger partial charge in [-0.3, -0.25) is 4.90 Å². The number of rotatable bonds is 5. The van der Waals surface area contributed by atoms with Gasteiger partial charge in [0.1, 0.15) is 0 Å². The smallest absolute Gasteiger partial charge is 0.165 e. The normalized spacial score (nSPS) is 18.8. The minimum Gasteiger partial charge on any atom is -0.490 e. The summed E-state index contributed by atoms with van der Waals surface area (Å²) in [5, 5.41) is 0. The van der Waals surface area contributed by atoms with E-state index < -0.39 is 0 Å². The summed E-state index contributed by atoms with van der Waals surface area (Å²) in [7, 11) is 0. The number of ether oxygens (including phenoxy) is 1. The molecule has 2 aromatic carbocycles. The number of para-hydroxylation sites is 1. The molecule has 2 aromatic rings. The first-order chi connectivity index (χ1) is 10.3. The molecule has 0 spiro atoms. The molecule has 0 radical (unpaired) electrons. The largest absolute Gasteiger partial charge is 0.490 e. The Morgan fingerprint density at radius 1 is 1.05 bits per heavy atom. The molecule has 1 saturated heterocycles.